The van der Waals surface area contributed by atoms with Gasteiger partial charge in [-0.2, -0.15) is 0 Å². The van der Waals surface area contributed by atoms with Gasteiger partial charge in [-0.1, -0.05) is 26.1 Å². The van der Waals surface area contributed by atoms with Crippen molar-refractivity contribution < 1.29 is 4.79 Å². The maximum absolute atomic E-state index is 13.0. The summed E-state index contributed by atoms with van der Waals surface area (Å²) in [6.07, 6.45) is 6.51. The van der Waals surface area contributed by atoms with E-state index in [1.165, 1.54) is 25.7 Å². The molecule has 0 aromatic carbocycles. The van der Waals surface area contributed by atoms with Crippen LogP contribution in [0.3, 0.4) is 0 Å². The molecule has 0 aliphatic heterocycles. The first-order valence-electron chi connectivity index (χ1n) is 7.62. The van der Waals surface area contributed by atoms with E-state index in [-0.39, 0.29) is 5.91 Å². The van der Waals surface area contributed by atoms with Gasteiger partial charge in [0.25, 0.3) is 0 Å². The molecule has 19 heavy (non-hydrogen) atoms. The molecule has 1 amide bonds. The summed E-state index contributed by atoms with van der Waals surface area (Å²) in [5.41, 5.74) is 5.30. The summed E-state index contributed by atoms with van der Waals surface area (Å²) in [6, 6.07) is 0. The van der Waals surface area contributed by atoms with Gasteiger partial charge in [0, 0.05) is 13.1 Å². The number of rotatable bonds is 8. The monoisotopic (exact) mass is 282 g/mol. The molecule has 3 nitrogen and oxygen atoms in total. The lowest BCUT2D eigenvalue weighted by molar-refractivity contribution is -0.139. The van der Waals surface area contributed by atoms with Crippen molar-refractivity contribution in [2.24, 2.45) is 23.0 Å². The van der Waals surface area contributed by atoms with Crippen LogP contribution in [0.4, 0.5) is 0 Å². The van der Waals surface area contributed by atoms with Gasteiger partial charge in [0.1, 0.15) is 0 Å². The van der Waals surface area contributed by atoms with Gasteiger partial charge in [-0.15, -0.1) is 0 Å². The molecule has 0 heterocycles. The quantitative estimate of drug-likeness (QED) is 0.696. The van der Waals surface area contributed by atoms with Gasteiger partial charge >= 0.3 is 0 Å². The number of hydrogen-bond acceptors (Lipinski definition) is 2. The minimum Gasteiger partial charge on any atom is -0.392 e. The third-order valence-electron chi connectivity index (χ3n) is 4.73. The summed E-state index contributed by atoms with van der Waals surface area (Å²) in [7, 11) is 0. The molecule has 2 aliphatic rings. The predicted molar refractivity (Wildman–Crippen MR) is 81.8 cm³/mol. The van der Waals surface area contributed by atoms with Crippen LogP contribution in [-0.2, 0) is 4.79 Å². The van der Waals surface area contributed by atoms with Gasteiger partial charge in [0.15, 0.2) is 0 Å². The Morgan fingerprint density at radius 2 is 1.58 bits per heavy atom. The minimum absolute atomic E-state index is 0.184. The molecule has 0 saturated heterocycles. The minimum atomic E-state index is -0.612. The van der Waals surface area contributed by atoms with Crippen molar-refractivity contribution in [3.63, 3.8) is 0 Å². The van der Waals surface area contributed by atoms with Crippen LogP contribution in [0, 0.1) is 17.3 Å². The molecule has 108 valence electrons. The lowest BCUT2D eigenvalue weighted by atomic mass is 9.80. The largest absolute Gasteiger partial charge is 0.392 e. The van der Waals surface area contributed by atoms with Gasteiger partial charge in [-0.05, 0) is 50.4 Å². The highest BCUT2D eigenvalue weighted by atomic mass is 32.1. The van der Waals surface area contributed by atoms with Crippen molar-refractivity contribution in [1.82, 2.24) is 4.90 Å². The van der Waals surface area contributed by atoms with Crippen molar-refractivity contribution in [3.05, 3.63) is 0 Å². The fraction of sp³-hybridized carbons (Fsp3) is 0.867. The zero-order valence-corrected chi connectivity index (χ0v) is 13.0. The van der Waals surface area contributed by atoms with E-state index in [1.807, 2.05) is 13.8 Å². The van der Waals surface area contributed by atoms with Crippen molar-refractivity contribution in [2.45, 2.75) is 52.4 Å². The van der Waals surface area contributed by atoms with Crippen molar-refractivity contribution in [2.75, 3.05) is 13.1 Å². The smallest absolute Gasteiger partial charge is 0.235 e. The molecule has 0 atom stereocenters. The molecule has 0 spiro atoms. The van der Waals surface area contributed by atoms with E-state index in [4.69, 9.17) is 18.0 Å². The van der Waals surface area contributed by atoms with Crippen LogP contribution in [0.5, 0.6) is 0 Å². The first-order chi connectivity index (χ1) is 9.03. The maximum Gasteiger partial charge on any atom is 0.235 e. The normalized spacial score (nSPS) is 19.3. The van der Waals surface area contributed by atoms with Gasteiger partial charge in [-0.25, -0.2) is 0 Å². The summed E-state index contributed by atoms with van der Waals surface area (Å²) in [4.78, 5) is 15.4. The molecule has 0 radical (unpaired) electrons. The second-order valence-electron chi connectivity index (χ2n) is 6.25. The van der Waals surface area contributed by atoms with Gasteiger partial charge in [0.05, 0.1) is 10.4 Å². The zero-order chi connectivity index (χ0) is 14.0. The van der Waals surface area contributed by atoms with Crippen molar-refractivity contribution >= 4 is 23.1 Å². The Bertz CT molecular complexity index is 343. The number of thiocarbonyl (C=S) groups is 1. The van der Waals surface area contributed by atoms with Crippen LogP contribution < -0.4 is 5.73 Å². The molecule has 0 aromatic heterocycles. The first-order valence-corrected chi connectivity index (χ1v) is 8.03. The Hall–Kier alpha value is -0.640. The average molecular weight is 282 g/mol. The Kier molecular flexibility index (Phi) is 4.49. The van der Waals surface area contributed by atoms with Crippen molar-refractivity contribution in [3.8, 4) is 0 Å². The zero-order valence-electron chi connectivity index (χ0n) is 12.2. The highest BCUT2D eigenvalue weighted by molar-refractivity contribution is 7.80. The average Bonchev–Trinajstić information content (AvgIpc) is 3.25. The highest BCUT2D eigenvalue weighted by Crippen LogP contribution is 2.37. The maximum atomic E-state index is 13.0. The molecule has 0 bridgehead atoms. The van der Waals surface area contributed by atoms with Crippen LogP contribution in [0.2, 0.25) is 0 Å². The van der Waals surface area contributed by atoms with Gasteiger partial charge < -0.3 is 10.6 Å². The Labute approximate surface area is 121 Å². The molecular formula is C15H26N2OS. The van der Waals surface area contributed by atoms with Crippen LogP contribution in [-0.4, -0.2) is 28.9 Å². The molecule has 0 unspecified atom stereocenters. The summed E-state index contributed by atoms with van der Waals surface area (Å²) in [6.45, 7) is 5.87. The highest BCUT2D eigenvalue weighted by Gasteiger charge is 2.43. The fourth-order valence-corrected chi connectivity index (χ4v) is 3.15. The topological polar surface area (TPSA) is 46.3 Å². The number of amides is 1. The Morgan fingerprint density at radius 1 is 1.16 bits per heavy atom. The van der Waals surface area contributed by atoms with Crippen LogP contribution in [0.1, 0.15) is 52.4 Å². The number of carbonyl (C=O) groups excluding carboxylic acids is 1. The molecule has 2 fully saturated rings. The molecule has 2 aliphatic carbocycles. The Morgan fingerprint density at radius 3 is 1.84 bits per heavy atom. The summed E-state index contributed by atoms with van der Waals surface area (Å²) >= 11 is 5.21. The molecule has 4 heteroatoms. The number of hydrogen-bond donors (Lipinski definition) is 1. The van der Waals surface area contributed by atoms with Gasteiger partial charge in [-0.3, -0.25) is 4.79 Å². The number of nitrogens with two attached hydrogens (primary N) is 1. The van der Waals surface area contributed by atoms with E-state index in [0.717, 1.165) is 24.9 Å². The lowest BCUT2D eigenvalue weighted by Gasteiger charge is -2.35. The lowest BCUT2D eigenvalue weighted by Crippen LogP contribution is -2.51. The van der Waals surface area contributed by atoms with Crippen LogP contribution >= 0.6 is 12.2 Å². The molecule has 2 saturated carbocycles. The summed E-state index contributed by atoms with van der Waals surface area (Å²) < 4.78 is 0. The summed E-state index contributed by atoms with van der Waals surface area (Å²) in [5, 5.41) is 0. The molecule has 2 N–H and O–H groups in total. The van der Waals surface area contributed by atoms with E-state index in [9.17, 15) is 4.79 Å². The second kappa shape index (κ2) is 5.78. The van der Waals surface area contributed by atoms with E-state index in [1.54, 1.807) is 0 Å². The fourth-order valence-electron chi connectivity index (χ4n) is 2.77. The van der Waals surface area contributed by atoms with Crippen LogP contribution in [0.25, 0.3) is 0 Å². The predicted octanol–water partition coefficient (Wildman–Crippen LogP) is 2.73. The van der Waals surface area contributed by atoms with Crippen molar-refractivity contribution in [1.29, 1.82) is 0 Å². The first kappa shape index (κ1) is 14.8. The van der Waals surface area contributed by atoms with Gasteiger partial charge in [0.2, 0.25) is 5.91 Å². The van der Waals surface area contributed by atoms with Crippen LogP contribution in [0.15, 0.2) is 0 Å². The molecule has 0 aromatic rings. The van der Waals surface area contributed by atoms with E-state index in [2.05, 4.69) is 4.90 Å². The Balaban J connectivity index is 2.11. The second-order valence-corrected chi connectivity index (χ2v) is 6.69. The standard InChI is InChI=1S/C15H26N2OS/c1-3-15(4-2,13(16)19)14(18)17(9-11-5-6-11)10-12-7-8-12/h11-12H,3-10H2,1-2H3,(H2,16,19). The van der Waals surface area contributed by atoms with E-state index >= 15 is 0 Å². The van der Waals surface area contributed by atoms with E-state index in [0.29, 0.717) is 17.8 Å². The third-order valence-corrected chi connectivity index (χ3v) is 5.12. The SMILES string of the molecule is CCC(CC)(C(=O)N(CC1CC1)CC1CC1)C(N)=S. The molecule has 2 rings (SSSR count). The number of nitrogens with zero attached hydrogens (tertiary/aromatic N) is 1. The number of carbonyl (C=O) groups is 1. The third kappa shape index (κ3) is 3.28. The summed E-state index contributed by atoms with van der Waals surface area (Å²) in [5.74, 6) is 1.63. The molecular weight excluding hydrogens is 256 g/mol. The van der Waals surface area contributed by atoms with E-state index < -0.39 is 5.41 Å².